The van der Waals surface area contributed by atoms with Gasteiger partial charge in [0.25, 0.3) is 0 Å². The SMILES string of the molecule is CCNCc1ccc(N2CCN(C)CC2C)cc1. The summed E-state index contributed by atoms with van der Waals surface area (Å²) in [7, 11) is 2.20. The second kappa shape index (κ2) is 6.21. The fourth-order valence-electron chi connectivity index (χ4n) is 2.60. The van der Waals surface area contributed by atoms with Crippen LogP contribution in [-0.2, 0) is 6.54 Å². The molecule has 0 bridgehead atoms. The van der Waals surface area contributed by atoms with E-state index in [0.29, 0.717) is 6.04 Å². The molecule has 100 valence electrons. The maximum atomic E-state index is 3.36. The molecule has 1 aliphatic rings. The summed E-state index contributed by atoms with van der Waals surface area (Å²) >= 11 is 0. The zero-order chi connectivity index (χ0) is 13.0. The molecule has 0 saturated carbocycles. The van der Waals surface area contributed by atoms with Crippen LogP contribution in [0.15, 0.2) is 24.3 Å². The Hall–Kier alpha value is -1.06. The van der Waals surface area contributed by atoms with Gasteiger partial charge in [-0.1, -0.05) is 19.1 Å². The average Bonchev–Trinajstić information content (AvgIpc) is 2.37. The molecule has 1 aromatic carbocycles. The molecule has 0 amide bonds. The number of piperazine rings is 1. The van der Waals surface area contributed by atoms with Crippen LogP contribution in [0.4, 0.5) is 5.69 Å². The van der Waals surface area contributed by atoms with Crippen molar-refractivity contribution in [1.29, 1.82) is 0 Å². The number of rotatable bonds is 4. The van der Waals surface area contributed by atoms with Crippen molar-refractivity contribution in [1.82, 2.24) is 10.2 Å². The van der Waals surface area contributed by atoms with Crippen molar-refractivity contribution in [2.24, 2.45) is 0 Å². The van der Waals surface area contributed by atoms with Gasteiger partial charge in [0.2, 0.25) is 0 Å². The van der Waals surface area contributed by atoms with Gasteiger partial charge < -0.3 is 15.1 Å². The van der Waals surface area contributed by atoms with Crippen LogP contribution in [0, 0.1) is 0 Å². The highest BCUT2D eigenvalue weighted by Crippen LogP contribution is 2.20. The van der Waals surface area contributed by atoms with Gasteiger partial charge in [-0.3, -0.25) is 0 Å². The minimum Gasteiger partial charge on any atom is -0.366 e. The highest BCUT2D eigenvalue weighted by atomic mass is 15.3. The van der Waals surface area contributed by atoms with E-state index in [2.05, 4.69) is 60.3 Å². The molecule has 1 unspecified atom stereocenters. The normalized spacial score (nSPS) is 21.3. The molecule has 0 aromatic heterocycles. The summed E-state index contributed by atoms with van der Waals surface area (Å²) in [6, 6.07) is 9.60. The molecule has 0 spiro atoms. The lowest BCUT2D eigenvalue weighted by Gasteiger charge is -2.39. The lowest BCUT2D eigenvalue weighted by atomic mass is 10.1. The molecular weight excluding hydrogens is 222 g/mol. The molecule has 1 heterocycles. The van der Waals surface area contributed by atoms with E-state index in [4.69, 9.17) is 0 Å². The molecule has 0 radical (unpaired) electrons. The van der Waals surface area contributed by atoms with E-state index in [9.17, 15) is 0 Å². The minimum atomic E-state index is 0.600. The lowest BCUT2D eigenvalue weighted by Crippen LogP contribution is -2.50. The summed E-state index contributed by atoms with van der Waals surface area (Å²) in [6.45, 7) is 9.88. The minimum absolute atomic E-state index is 0.600. The van der Waals surface area contributed by atoms with Crippen LogP contribution < -0.4 is 10.2 Å². The Morgan fingerprint density at radius 3 is 2.56 bits per heavy atom. The number of hydrogen-bond donors (Lipinski definition) is 1. The molecule has 1 aliphatic heterocycles. The number of likely N-dealkylation sites (N-methyl/N-ethyl adjacent to an activating group) is 1. The Labute approximate surface area is 111 Å². The standard InChI is InChI=1S/C15H25N3/c1-4-16-11-14-5-7-15(8-6-14)18-10-9-17(3)12-13(18)2/h5-8,13,16H,4,9-12H2,1-3H3. The number of anilines is 1. The highest BCUT2D eigenvalue weighted by Gasteiger charge is 2.21. The van der Waals surface area contributed by atoms with E-state index in [-0.39, 0.29) is 0 Å². The van der Waals surface area contributed by atoms with Crippen molar-refractivity contribution in [3.05, 3.63) is 29.8 Å². The Balaban J connectivity index is 2.00. The Morgan fingerprint density at radius 1 is 1.22 bits per heavy atom. The van der Waals surface area contributed by atoms with Crippen molar-refractivity contribution in [2.75, 3.05) is 38.1 Å². The van der Waals surface area contributed by atoms with Crippen molar-refractivity contribution in [3.63, 3.8) is 0 Å². The monoisotopic (exact) mass is 247 g/mol. The van der Waals surface area contributed by atoms with Crippen LogP contribution in [0.3, 0.4) is 0 Å². The fraction of sp³-hybridized carbons (Fsp3) is 0.600. The fourth-order valence-corrected chi connectivity index (χ4v) is 2.60. The Morgan fingerprint density at radius 2 is 1.94 bits per heavy atom. The predicted octanol–water partition coefficient (Wildman–Crippen LogP) is 1.94. The van der Waals surface area contributed by atoms with E-state index in [1.165, 1.54) is 11.3 Å². The van der Waals surface area contributed by atoms with E-state index < -0.39 is 0 Å². The molecule has 1 atom stereocenters. The number of nitrogens with zero attached hydrogens (tertiary/aromatic N) is 2. The largest absolute Gasteiger partial charge is 0.366 e. The van der Waals surface area contributed by atoms with Gasteiger partial charge in [-0.05, 0) is 38.2 Å². The highest BCUT2D eigenvalue weighted by molar-refractivity contribution is 5.49. The van der Waals surface area contributed by atoms with Crippen LogP contribution in [-0.4, -0.2) is 44.2 Å². The third kappa shape index (κ3) is 3.24. The number of nitrogens with one attached hydrogen (secondary N) is 1. The Bertz CT molecular complexity index is 361. The topological polar surface area (TPSA) is 18.5 Å². The first-order chi connectivity index (χ1) is 8.70. The van der Waals surface area contributed by atoms with Gasteiger partial charge in [-0.25, -0.2) is 0 Å². The van der Waals surface area contributed by atoms with Gasteiger partial charge in [0.05, 0.1) is 0 Å². The molecule has 0 aliphatic carbocycles. The van der Waals surface area contributed by atoms with E-state index in [1.54, 1.807) is 0 Å². The van der Waals surface area contributed by atoms with Crippen molar-refractivity contribution < 1.29 is 0 Å². The maximum Gasteiger partial charge on any atom is 0.0389 e. The van der Waals surface area contributed by atoms with Gasteiger partial charge in [0.15, 0.2) is 0 Å². The molecule has 1 N–H and O–H groups in total. The second-order valence-electron chi connectivity index (χ2n) is 5.25. The number of benzene rings is 1. The van der Waals surface area contributed by atoms with Gasteiger partial charge >= 0.3 is 0 Å². The van der Waals surface area contributed by atoms with Crippen LogP contribution in [0.2, 0.25) is 0 Å². The van der Waals surface area contributed by atoms with Gasteiger partial charge in [-0.15, -0.1) is 0 Å². The smallest absolute Gasteiger partial charge is 0.0389 e. The molecule has 18 heavy (non-hydrogen) atoms. The second-order valence-corrected chi connectivity index (χ2v) is 5.25. The quantitative estimate of drug-likeness (QED) is 0.877. The van der Waals surface area contributed by atoms with Gasteiger partial charge in [0.1, 0.15) is 0 Å². The van der Waals surface area contributed by atoms with Crippen molar-refractivity contribution in [2.45, 2.75) is 26.4 Å². The molecule has 3 nitrogen and oxygen atoms in total. The summed E-state index contributed by atoms with van der Waals surface area (Å²) in [5, 5.41) is 3.36. The van der Waals surface area contributed by atoms with Crippen molar-refractivity contribution in [3.8, 4) is 0 Å². The summed E-state index contributed by atoms with van der Waals surface area (Å²) in [5.74, 6) is 0. The van der Waals surface area contributed by atoms with Gasteiger partial charge in [0, 0.05) is 37.9 Å². The van der Waals surface area contributed by atoms with Crippen LogP contribution in [0.25, 0.3) is 0 Å². The van der Waals surface area contributed by atoms with Gasteiger partial charge in [-0.2, -0.15) is 0 Å². The molecule has 2 rings (SSSR count). The Kier molecular flexibility index (Phi) is 4.61. The maximum absolute atomic E-state index is 3.36. The van der Waals surface area contributed by atoms with Crippen molar-refractivity contribution >= 4 is 5.69 Å². The first kappa shape index (κ1) is 13.4. The van der Waals surface area contributed by atoms with E-state index in [1.807, 2.05) is 0 Å². The lowest BCUT2D eigenvalue weighted by molar-refractivity contribution is 0.275. The first-order valence-corrected chi connectivity index (χ1v) is 6.95. The first-order valence-electron chi connectivity index (χ1n) is 6.95. The third-order valence-corrected chi connectivity index (χ3v) is 3.68. The third-order valence-electron chi connectivity index (χ3n) is 3.68. The zero-order valence-electron chi connectivity index (χ0n) is 11.8. The van der Waals surface area contributed by atoms with E-state index in [0.717, 1.165) is 32.7 Å². The number of hydrogen-bond acceptors (Lipinski definition) is 3. The molecular formula is C15H25N3. The van der Waals surface area contributed by atoms with Crippen LogP contribution in [0.5, 0.6) is 0 Å². The summed E-state index contributed by atoms with van der Waals surface area (Å²) in [6.07, 6.45) is 0. The molecule has 1 aromatic rings. The average molecular weight is 247 g/mol. The molecule has 3 heteroatoms. The molecule has 1 saturated heterocycles. The summed E-state index contributed by atoms with van der Waals surface area (Å²) in [4.78, 5) is 4.91. The van der Waals surface area contributed by atoms with Crippen LogP contribution >= 0.6 is 0 Å². The summed E-state index contributed by atoms with van der Waals surface area (Å²) in [5.41, 5.74) is 2.72. The summed E-state index contributed by atoms with van der Waals surface area (Å²) < 4.78 is 0. The molecule has 1 fully saturated rings. The predicted molar refractivity (Wildman–Crippen MR) is 78.1 cm³/mol. The zero-order valence-corrected chi connectivity index (χ0v) is 11.8. The van der Waals surface area contributed by atoms with Crippen LogP contribution in [0.1, 0.15) is 19.4 Å². The van der Waals surface area contributed by atoms with E-state index >= 15 is 0 Å².